The SMILES string of the molecule is CC1CC(C)N1Cc1csnn1. The van der Waals surface area contributed by atoms with Crippen molar-refractivity contribution in [2.24, 2.45) is 0 Å². The summed E-state index contributed by atoms with van der Waals surface area (Å²) in [6.45, 7) is 5.50. The molecule has 4 heteroatoms. The lowest BCUT2D eigenvalue weighted by molar-refractivity contribution is 0.0283. The quantitative estimate of drug-likeness (QED) is 0.696. The van der Waals surface area contributed by atoms with Gasteiger partial charge in [-0.25, -0.2) is 0 Å². The van der Waals surface area contributed by atoms with E-state index >= 15 is 0 Å². The predicted molar refractivity (Wildman–Crippen MR) is 49.0 cm³/mol. The Balaban J connectivity index is 1.95. The first kappa shape index (κ1) is 8.13. The first-order valence-corrected chi connectivity index (χ1v) is 5.12. The molecule has 2 atom stereocenters. The summed E-state index contributed by atoms with van der Waals surface area (Å²) in [6.07, 6.45) is 1.32. The predicted octanol–water partition coefficient (Wildman–Crippen LogP) is 1.52. The minimum Gasteiger partial charge on any atom is -0.292 e. The molecule has 0 saturated carbocycles. The van der Waals surface area contributed by atoms with Gasteiger partial charge in [0.1, 0.15) is 0 Å². The molecule has 0 N–H and O–H groups in total. The maximum Gasteiger partial charge on any atom is 0.0895 e. The Hall–Kier alpha value is -0.480. The fourth-order valence-corrected chi connectivity index (χ4v) is 2.26. The van der Waals surface area contributed by atoms with Crippen LogP contribution in [0.5, 0.6) is 0 Å². The van der Waals surface area contributed by atoms with Crippen LogP contribution >= 0.6 is 11.5 Å². The van der Waals surface area contributed by atoms with E-state index in [1.165, 1.54) is 18.0 Å². The Morgan fingerprint density at radius 1 is 1.58 bits per heavy atom. The van der Waals surface area contributed by atoms with Gasteiger partial charge in [-0.15, -0.1) is 5.10 Å². The number of nitrogens with zero attached hydrogens (tertiary/aromatic N) is 3. The van der Waals surface area contributed by atoms with Crippen LogP contribution in [-0.4, -0.2) is 26.6 Å². The molecule has 0 amide bonds. The second-order valence-electron chi connectivity index (χ2n) is 3.50. The smallest absolute Gasteiger partial charge is 0.0895 e. The number of hydrogen-bond donors (Lipinski definition) is 0. The third-order valence-corrected chi connectivity index (χ3v) is 3.12. The lowest BCUT2D eigenvalue weighted by Crippen LogP contribution is -2.51. The lowest BCUT2D eigenvalue weighted by atomic mass is 9.96. The summed E-state index contributed by atoms with van der Waals surface area (Å²) < 4.78 is 3.85. The molecule has 12 heavy (non-hydrogen) atoms. The van der Waals surface area contributed by atoms with Crippen molar-refractivity contribution in [2.75, 3.05) is 0 Å². The van der Waals surface area contributed by atoms with Gasteiger partial charge in [0.2, 0.25) is 0 Å². The van der Waals surface area contributed by atoms with Crippen molar-refractivity contribution in [3.05, 3.63) is 11.1 Å². The van der Waals surface area contributed by atoms with Gasteiger partial charge in [-0.2, -0.15) is 0 Å². The van der Waals surface area contributed by atoms with E-state index < -0.39 is 0 Å². The van der Waals surface area contributed by atoms with Crippen molar-refractivity contribution < 1.29 is 0 Å². The molecule has 0 aliphatic carbocycles. The highest BCUT2D eigenvalue weighted by Crippen LogP contribution is 2.26. The van der Waals surface area contributed by atoms with E-state index in [0.717, 1.165) is 24.3 Å². The van der Waals surface area contributed by atoms with Crippen molar-refractivity contribution >= 4 is 11.5 Å². The Morgan fingerprint density at radius 2 is 2.33 bits per heavy atom. The number of likely N-dealkylation sites (tertiary alicyclic amines) is 1. The first-order valence-electron chi connectivity index (χ1n) is 4.29. The highest BCUT2D eigenvalue weighted by atomic mass is 32.1. The molecule has 1 aromatic rings. The highest BCUT2D eigenvalue weighted by Gasteiger charge is 2.31. The maximum absolute atomic E-state index is 4.03. The van der Waals surface area contributed by atoms with E-state index in [4.69, 9.17) is 0 Å². The summed E-state index contributed by atoms with van der Waals surface area (Å²) in [5, 5.41) is 6.06. The highest BCUT2D eigenvalue weighted by molar-refractivity contribution is 7.03. The number of rotatable bonds is 2. The van der Waals surface area contributed by atoms with E-state index in [-0.39, 0.29) is 0 Å². The van der Waals surface area contributed by atoms with Crippen LogP contribution in [0.3, 0.4) is 0 Å². The van der Waals surface area contributed by atoms with E-state index in [0.29, 0.717) is 0 Å². The molecule has 1 aromatic heterocycles. The van der Waals surface area contributed by atoms with Crippen LogP contribution in [0.25, 0.3) is 0 Å². The monoisotopic (exact) mass is 183 g/mol. The molecule has 0 aromatic carbocycles. The molecule has 2 rings (SSSR count). The van der Waals surface area contributed by atoms with E-state index in [9.17, 15) is 0 Å². The van der Waals surface area contributed by atoms with Crippen LogP contribution in [0.2, 0.25) is 0 Å². The summed E-state index contributed by atoms with van der Waals surface area (Å²) in [7, 11) is 0. The molecule has 1 aliphatic heterocycles. The topological polar surface area (TPSA) is 29.0 Å². The van der Waals surface area contributed by atoms with Crippen molar-refractivity contribution in [1.29, 1.82) is 0 Å². The zero-order valence-electron chi connectivity index (χ0n) is 7.40. The molecule has 0 bridgehead atoms. The fraction of sp³-hybridized carbons (Fsp3) is 0.750. The van der Waals surface area contributed by atoms with Crippen molar-refractivity contribution in [2.45, 2.75) is 38.9 Å². The Kier molecular flexibility index (Phi) is 2.11. The van der Waals surface area contributed by atoms with Gasteiger partial charge in [0.05, 0.1) is 5.69 Å². The van der Waals surface area contributed by atoms with Crippen molar-refractivity contribution in [3.63, 3.8) is 0 Å². The summed E-state index contributed by atoms with van der Waals surface area (Å²) in [6, 6.07) is 1.45. The zero-order valence-corrected chi connectivity index (χ0v) is 8.21. The van der Waals surface area contributed by atoms with Gasteiger partial charge in [0, 0.05) is 24.0 Å². The molecule has 2 heterocycles. The summed E-state index contributed by atoms with van der Waals surface area (Å²) in [5.74, 6) is 0. The number of aromatic nitrogens is 2. The van der Waals surface area contributed by atoms with Crippen LogP contribution in [0.15, 0.2) is 5.38 Å². The molecule has 1 saturated heterocycles. The fourth-order valence-electron chi connectivity index (χ4n) is 1.81. The first-order chi connectivity index (χ1) is 5.77. The lowest BCUT2D eigenvalue weighted by Gasteiger charge is -2.45. The molecular formula is C8H13N3S. The molecular weight excluding hydrogens is 170 g/mol. The molecule has 3 nitrogen and oxygen atoms in total. The van der Waals surface area contributed by atoms with Crippen LogP contribution in [0, 0.1) is 0 Å². The number of hydrogen-bond acceptors (Lipinski definition) is 4. The van der Waals surface area contributed by atoms with Gasteiger partial charge in [0.25, 0.3) is 0 Å². The second kappa shape index (κ2) is 3.11. The molecule has 0 spiro atoms. The van der Waals surface area contributed by atoms with Crippen molar-refractivity contribution in [3.8, 4) is 0 Å². The van der Waals surface area contributed by atoms with E-state index in [1.54, 1.807) is 0 Å². The zero-order chi connectivity index (χ0) is 8.55. The summed E-state index contributed by atoms with van der Waals surface area (Å²) in [4.78, 5) is 2.46. The Bertz CT molecular complexity index is 239. The van der Waals surface area contributed by atoms with E-state index in [2.05, 4.69) is 28.3 Å². The van der Waals surface area contributed by atoms with Crippen LogP contribution < -0.4 is 0 Å². The van der Waals surface area contributed by atoms with Gasteiger partial charge >= 0.3 is 0 Å². The minimum atomic E-state index is 0.724. The van der Waals surface area contributed by atoms with Crippen molar-refractivity contribution in [1.82, 2.24) is 14.5 Å². The Morgan fingerprint density at radius 3 is 2.83 bits per heavy atom. The van der Waals surface area contributed by atoms with Gasteiger partial charge in [-0.05, 0) is 31.8 Å². The third-order valence-electron chi connectivity index (χ3n) is 2.56. The van der Waals surface area contributed by atoms with E-state index in [1.807, 2.05) is 5.38 Å². The molecule has 1 aliphatic rings. The summed E-state index contributed by atoms with van der Waals surface area (Å²) >= 11 is 1.43. The minimum absolute atomic E-state index is 0.724. The van der Waals surface area contributed by atoms with Gasteiger partial charge < -0.3 is 0 Å². The molecule has 1 fully saturated rings. The molecule has 2 unspecified atom stereocenters. The van der Waals surface area contributed by atoms with Gasteiger partial charge in [-0.3, -0.25) is 4.90 Å². The average molecular weight is 183 g/mol. The standard InChI is InChI=1S/C8H13N3S/c1-6-3-7(2)11(6)4-8-5-12-10-9-8/h5-7H,3-4H2,1-2H3. The Labute approximate surface area is 76.6 Å². The largest absolute Gasteiger partial charge is 0.292 e. The van der Waals surface area contributed by atoms with Gasteiger partial charge in [-0.1, -0.05) is 4.49 Å². The molecule has 0 radical (unpaired) electrons. The van der Waals surface area contributed by atoms with Crippen LogP contribution in [0.4, 0.5) is 0 Å². The normalized spacial score (nSPS) is 30.2. The molecule has 66 valence electrons. The van der Waals surface area contributed by atoms with Crippen LogP contribution in [0.1, 0.15) is 26.0 Å². The maximum atomic E-state index is 4.03. The van der Waals surface area contributed by atoms with Crippen LogP contribution in [-0.2, 0) is 6.54 Å². The third kappa shape index (κ3) is 1.36. The van der Waals surface area contributed by atoms with Gasteiger partial charge in [0.15, 0.2) is 0 Å². The second-order valence-corrected chi connectivity index (χ2v) is 4.11. The average Bonchev–Trinajstić information content (AvgIpc) is 2.52. The summed E-state index contributed by atoms with van der Waals surface area (Å²) in [5.41, 5.74) is 1.11.